The first kappa shape index (κ1) is 12.3. The van der Waals surface area contributed by atoms with Gasteiger partial charge in [-0.15, -0.1) is 0 Å². The van der Waals surface area contributed by atoms with Crippen molar-refractivity contribution in [1.82, 2.24) is 14.8 Å². The second-order valence-electron chi connectivity index (χ2n) is 4.64. The zero-order chi connectivity index (χ0) is 13.5. The van der Waals surface area contributed by atoms with Gasteiger partial charge in [0.1, 0.15) is 23.2 Å². The maximum Gasteiger partial charge on any atom is 0.309 e. The first-order chi connectivity index (χ1) is 8.32. The highest BCUT2D eigenvalue weighted by atomic mass is 16.6. The number of hydrogen-bond acceptors (Lipinski definition) is 5. The highest BCUT2D eigenvalue weighted by Gasteiger charge is 2.31. The third-order valence-corrected chi connectivity index (χ3v) is 2.79. The Hall–Kier alpha value is -2.18. The fourth-order valence-corrected chi connectivity index (χ4v) is 1.65. The van der Waals surface area contributed by atoms with Crippen LogP contribution in [-0.4, -0.2) is 19.7 Å². The molecule has 0 aromatic carbocycles. The van der Waals surface area contributed by atoms with Gasteiger partial charge in [-0.25, -0.2) is 4.98 Å². The first-order valence-electron chi connectivity index (χ1n) is 5.46. The molecule has 0 N–H and O–H groups in total. The van der Waals surface area contributed by atoms with Crippen molar-refractivity contribution < 1.29 is 9.34 Å². The van der Waals surface area contributed by atoms with E-state index in [-0.39, 0.29) is 5.69 Å². The smallest absolute Gasteiger partial charge is 0.309 e. The van der Waals surface area contributed by atoms with Crippen LogP contribution < -0.4 is 0 Å². The van der Waals surface area contributed by atoms with Crippen molar-refractivity contribution in [3.8, 4) is 0 Å². The van der Waals surface area contributed by atoms with Crippen molar-refractivity contribution in [3.63, 3.8) is 0 Å². The summed E-state index contributed by atoms with van der Waals surface area (Å²) in [6.07, 6.45) is 3.01. The minimum Gasteiger partial charge on any atom is -0.443 e. The van der Waals surface area contributed by atoms with Gasteiger partial charge in [-0.3, -0.25) is 14.8 Å². The summed E-state index contributed by atoms with van der Waals surface area (Å²) in [4.78, 5) is 14.5. The molecule has 0 amide bonds. The molecule has 0 unspecified atom stereocenters. The second kappa shape index (κ2) is 3.94. The van der Waals surface area contributed by atoms with Gasteiger partial charge in [0, 0.05) is 0 Å². The van der Waals surface area contributed by atoms with Crippen LogP contribution in [0.25, 0.3) is 0 Å². The van der Waals surface area contributed by atoms with Crippen molar-refractivity contribution in [2.45, 2.75) is 33.2 Å². The van der Waals surface area contributed by atoms with Gasteiger partial charge >= 0.3 is 5.69 Å². The molecule has 2 rings (SSSR count). The monoisotopic (exact) mass is 250 g/mol. The molecule has 0 radical (unpaired) electrons. The van der Waals surface area contributed by atoms with Crippen LogP contribution in [0.5, 0.6) is 0 Å². The number of aryl methyl sites for hydroxylation is 2. The van der Waals surface area contributed by atoms with Crippen LogP contribution in [0.1, 0.15) is 31.2 Å². The predicted octanol–water partition coefficient (Wildman–Crippen LogP) is 2.18. The summed E-state index contributed by atoms with van der Waals surface area (Å²) in [5.74, 6) is 1.16. The molecule has 2 aromatic rings. The van der Waals surface area contributed by atoms with E-state index in [1.807, 2.05) is 13.8 Å². The van der Waals surface area contributed by atoms with Gasteiger partial charge in [0.25, 0.3) is 0 Å². The number of nitro groups is 1. The summed E-state index contributed by atoms with van der Waals surface area (Å²) in [6.45, 7) is 7.08. The van der Waals surface area contributed by atoms with Crippen LogP contribution in [0.2, 0.25) is 0 Å². The lowest BCUT2D eigenvalue weighted by molar-refractivity contribution is -0.385. The molecule has 0 saturated heterocycles. The van der Waals surface area contributed by atoms with E-state index < -0.39 is 10.5 Å². The first-order valence-corrected chi connectivity index (χ1v) is 5.46. The molecule has 0 saturated carbocycles. The molecule has 0 spiro atoms. The fourth-order valence-electron chi connectivity index (χ4n) is 1.65. The summed E-state index contributed by atoms with van der Waals surface area (Å²) in [6, 6.07) is 0. The van der Waals surface area contributed by atoms with Gasteiger partial charge in [0.05, 0.1) is 11.1 Å². The second-order valence-corrected chi connectivity index (χ2v) is 4.64. The van der Waals surface area contributed by atoms with Gasteiger partial charge in [0.2, 0.25) is 5.89 Å². The number of hydrogen-bond donors (Lipinski definition) is 0. The topological polar surface area (TPSA) is 87.0 Å². The van der Waals surface area contributed by atoms with Gasteiger partial charge < -0.3 is 4.42 Å². The maximum absolute atomic E-state index is 10.8. The SMILES string of the molecule is Cc1cnc(C(C)(C)n2cc([N+](=O)[O-])c(C)n2)o1. The summed E-state index contributed by atoms with van der Waals surface area (Å²) in [7, 11) is 0. The Labute approximate surface area is 104 Å². The summed E-state index contributed by atoms with van der Waals surface area (Å²) < 4.78 is 6.98. The molecule has 96 valence electrons. The average molecular weight is 250 g/mol. The van der Waals surface area contributed by atoms with Crippen LogP contribution in [0, 0.1) is 24.0 Å². The fraction of sp³-hybridized carbons (Fsp3) is 0.455. The molecule has 0 aliphatic carbocycles. The Morgan fingerprint density at radius 3 is 2.56 bits per heavy atom. The molecule has 0 aliphatic rings. The van der Waals surface area contributed by atoms with Crippen LogP contribution in [0.3, 0.4) is 0 Å². The predicted molar refractivity (Wildman–Crippen MR) is 63.3 cm³/mol. The van der Waals surface area contributed by atoms with Gasteiger partial charge in [-0.2, -0.15) is 5.10 Å². The van der Waals surface area contributed by atoms with E-state index in [1.54, 1.807) is 20.0 Å². The Balaban J connectivity index is 2.47. The van der Waals surface area contributed by atoms with Crippen molar-refractivity contribution >= 4 is 5.69 Å². The van der Waals surface area contributed by atoms with Gasteiger partial charge in [-0.1, -0.05) is 0 Å². The van der Waals surface area contributed by atoms with E-state index >= 15 is 0 Å². The molecule has 0 bridgehead atoms. The van der Waals surface area contributed by atoms with Crippen LogP contribution in [0.15, 0.2) is 16.8 Å². The molecule has 0 fully saturated rings. The van der Waals surface area contributed by atoms with E-state index in [4.69, 9.17) is 4.42 Å². The molecule has 18 heavy (non-hydrogen) atoms. The number of aromatic nitrogens is 3. The molecular formula is C11H14N4O3. The Morgan fingerprint density at radius 2 is 2.11 bits per heavy atom. The zero-order valence-electron chi connectivity index (χ0n) is 10.7. The lowest BCUT2D eigenvalue weighted by Gasteiger charge is -2.20. The molecule has 7 nitrogen and oxygen atoms in total. The van der Waals surface area contributed by atoms with E-state index in [2.05, 4.69) is 10.1 Å². The summed E-state index contributed by atoms with van der Waals surface area (Å²) in [5, 5.41) is 15.0. The maximum atomic E-state index is 10.8. The van der Waals surface area contributed by atoms with Crippen LogP contribution in [-0.2, 0) is 5.54 Å². The summed E-state index contributed by atoms with van der Waals surface area (Å²) in [5.41, 5.74) is -0.310. The largest absolute Gasteiger partial charge is 0.443 e. The number of oxazole rings is 1. The minimum atomic E-state index is -0.673. The molecule has 2 aromatic heterocycles. The molecular weight excluding hydrogens is 236 g/mol. The zero-order valence-corrected chi connectivity index (χ0v) is 10.7. The summed E-state index contributed by atoms with van der Waals surface area (Å²) >= 11 is 0. The highest BCUT2D eigenvalue weighted by Crippen LogP contribution is 2.27. The van der Waals surface area contributed by atoms with Crippen molar-refractivity contribution in [1.29, 1.82) is 0 Å². The van der Waals surface area contributed by atoms with Crippen molar-refractivity contribution in [2.24, 2.45) is 0 Å². The Bertz CT molecular complexity index is 597. The molecule has 0 atom stereocenters. The van der Waals surface area contributed by atoms with Crippen LogP contribution in [0.4, 0.5) is 5.69 Å². The van der Waals surface area contributed by atoms with E-state index in [9.17, 15) is 10.1 Å². The van der Waals surface area contributed by atoms with E-state index in [0.717, 1.165) is 0 Å². The highest BCUT2D eigenvalue weighted by molar-refractivity contribution is 5.32. The molecule has 0 aliphatic heterocycles. The Kier molecular flexibility index (Phi) is 2.68. The van der Waals surface area contributed by atoms with Crippen molar-refractivity contribution in [3.05, 3.63) is 39.9 Å². The lowest BCUT2D eigenvalue weighted by atomic mass is 10.1. The van der Waals surface area contributed by atoms with Gasteiger partial charge in [-0.05, 0) is 27.7 Å². The number of rotatable bonds is 3. The quantitative estimate of drug-likeness (QED) is 0.615. The third kappa shape index (κ3) is 1.87. The Morgan fingerprint density at radius 1 is 1.44 bits per heavy atom. The number of nitrogens with zero attached hydrogens (tertiary/aromatic N) is 4. The lowest BCUT2D eigenvalue weighted by Crippen LogP contribution is -2.28. The van der Waals surface area contributed by atoms with Crippen LogP contribution >= 0.6 is 0 Å². The normalized spacial score (nSPS) is 11.8. The standard InChI is InChI=1S/C11H14N4O3/c1-7-5-12-10(18-7)11(3,4)14-6-9(15(16)17)8(2)13-14/h5-6H,1-4H3. The minimum absolute atomic E-state index is 0.00801. The average Bonchev–Trinajstić information content (AvgIpc) is 2.84. The van der Waals surface area contributed by atoms with E-state index in [0.29, 0.717) is 17.3 Å². The van der Waals surface area contributed by atoms with Gasteiger partial charge in [0.15, 0.2) is 0 Å². The van der Waals surface area contributed by atoms with Crippen molar-refractivity contribution in [2.75, 3.05) is 0 Å². The molecule has 2 heterocycles. The van der Waals surface area contributed by atoms with E-state index in [1.165, 1.54) is 10.9 Å². The molecule has 7 heteroatoms. The third-order valence-electron chi connectivity index (χ3n) is 2.79.